The molecule has 2 aromatic heterocycles. The molecule has 0 bridgehead atoms. The highest BCUT2D eigenvalue weighted by Gasteiger charge is 2.22. The van der Waals surface area contributed by atoms with Crippen molar-refractivity contribution in [2.45, 2.75) is 13.0 Å². The minimum atomic E-state index is -2.35. The fraction of sp³-hybridized carbons (Fsp3) is 0.467. The number of hydrogen-bond donors (Lipinski definition) is 1. The molecule has 0 unspecified atom stereocenters. The summed E-state index contributed by atoms with van der Waals surface area (Å²) in [7, 11) is -2.35. The van der Waals surface area contributed by atoms with Gasteiger partial charge in [0.05, 0.1) is 24.8 Å². The van der Waals surface area contributed by atoms with Gasteiger partial charge in [0.25, 0.3) is 0 Å². The van der Waals surface area contributed by atoms with Crippen LogP contribution in [0.5, 0.6) is 0 Å². The first-order valence-corrected chi connectivity index (χ1v) is 10.1. The second-order valence-electron chi connectivity index (χ2n) is 6.13. The molecule has 0 aliphatic carbocycles. The van der Waals surface area contributed by atoms with Crippen molar-refractivity contribution >= 4 is 27.3 Å². The molecule has 10 heteroatoms. The predicted octanol–water partition coefficient (Wildman–Crippen LogP) is 1.10. The Labute approximate surface area is 146 Å². The van der Waals surface area contributed by atoms with E-state index in [2.05, 4.69) is 36.1 Å². The Kier molecular flexibility index (Phi) is 4.82. The Morgan fingerprint density at radius 3 is 2.68 bits per heavy atom. The van der Waals surface area contributed by atoms with Crippen LogP contribution in [0.2, 0.25) is 0 Å². The van der Waals surface area contributed by atoms with Crippen molar-refractivity contribution in [3.63, 3.8) is 0 Å². The second-order valence-corrected chi connectivity index (χ2v) is 8.67. The monoisotopic (exact) mass is 363 g/mol. The van der Waals surface area contributed by atoms with Gasteiger partial charge in [-0.15, -0.1) is 0 Å². The first-order valence-electron chi connectivity index (χ1n) is 7.80. The smallest absolute Gasteiger partial charge is 0.219 e. The van der Waals surface area contributed by atoms with Crippen LogP contribution in [-0.2, 0) is 14.5 Å². The molecule has 0 radical (unpaired) electrons. The number of anilines is 2. The molecular weight excluding hydrogens is 342 g/mol. The van der Waals surface area contributed by atoms with Gasteiger partial charge in [-0.3, -0.25) is 0 Å². The molecule has 0 saturated carbocycles. The third-order valence-corrected chi connectivity index (χ3v) is 4.23. The van der Waals surface area contributed by atoms with Gasteiger partial charge < -0.3 is 15.4 Å². The largest absolute Gasteiger partial charge is 0.377 e. The Morgan fingerprint density at radius 2 is 2.04 bits per heavy atom. The average Bonchev–Trinajstić information content (AvgIpc) is 2.54. The maximum atomic E-state index is 12.1. The van der Waals surface area contributed by atoms with Crippen molar-refractivity contribution < 1.29 is 8.95 Å². The molecule has 1 saturated heterocycles. The molecule has 1 aliphatic rings. The van der Waals surface area contributed by atoms with Crippen LogP contribution in [0.4, 0.5) is 17.6 Å². The van der Waals surface area contributed by atoms with E-state index in [1.165, 1.54) is 0 Å². The topological polar surface area (TPSA) is 119 Å². The van der Waals surface area contributed by atoms with E-state index in [9.17, 15) is 4.21 Å². The van der Waals surface area contributed by atoms with Gasteiger partial charge in [0.1, 0.15) is 5.82 Å². The van der Waals surface area contributed by atoms with E-state index in [1.54, 1.807) is 31.0 Å². The van der Waals surface area contributed by atoms with Crippen molar-refractivity contribution in [1.29, 1.82) is 0 Å². The number of hydrogen-bond acceptors (Lipinski definition) is 9. The van der Waals surface area contributed by atoms with Crippen molar-refractivity contribution in [2.24, 2.45) is 4.36 Å². The first kappa shape index (κ1) is 17.5. The molecule has 1 aliphatic heterocycles. The molecule has 1 fully saturated rings. The number of ether oxygens (including phenoxy) is 1. The summed E-state index contributed by atoms with van der Waals surface area (Å²) in [6.45, 7) is 4.02. The fourth-order valence-corrected chi connectivity index (χ4v) is 3.04. The quantitative estimate of drug-likeness (QED) is 0.861. The highest BCUT2D eigenvalue weighted by molar-refractivity contribution is 7.92. The normalized spacial score (nSPS) is 18.2. The lowest BCUT2D eigenvalue weighted by Crippen LogP contribution is -2.44. The molecule has 9 nitrogen and oxygen atoms in total. The lowest BCUT2D eigenvalue weighted by atomic mass is 10.2. The first-order chi connectivity index (χ1) is 11.8. The number of rotatable bonds is 3. The number of nitrogens with two attached hydrogens (primary N) is 1. The minimum Gasteiger partial charge on any atom is -0.377 e. The predicted molar refractivity (Wildman–Crippen MR) is 97.2 cm³/mol. The van der Waals surface area contributed by atoms with E-state index < -0.39 is 9.73 Å². The van der Waals surface area contributed by atoms with Crippen molar-refractivity contribution in [1.82, 2.24) is 19.9 Å². The van der Waals surface area contributed by atoms with Gasteiger partial charge in [-0.05, 0) is 6.92 Å². The Bertz CT molecular complexity index is 870. The Balaban J connectivity index is 2.11. The molecule has 1 atom stereocenters. The van der Waals surface area contributed by atoms with Crippen LogP contribution in [0.3, 0.4) is 0 Å². The van der Waals surface area contributed by atoms with Gasteiger partial charge in [-0.2, -0.15) is 4.36 Å². The van der Waals surface area contributed by atoms with E-state index in [0.29, 0.717) is 42.8 Å². The van der Waals surface area contributed by atoms with Crippen LogP contribution in [-0.4, -0.2) is 62.5 Å². The van der Waals surface area contributed by atoms with E-state index in [0.717, 1.165) is 0 Å². The molecule has 0 amide bonds. The van der Waals surface area contributed by atoms with Crippen LogP contribution >= 0.6 is 0 Å². The summed E-state index contributed by atoms with van der Waals surface area (Å²) in [5.74, 6) is 1.67. The van der Waals surface area contributed by atoms with Gasteiger partial charge in [0.15, 0.2) is 11.6 Å². The van der Waals surface area contributed by atoms with E-state index in [-0.39, 0.29) is 12.0 Å². The van der Waals surface area contributed by atoms with Crippen LogP contribution in [0.15, 0.2) is 22.8 Å². The number of aromatic nitrogens is 4. The summed E-state index contributed by atoms with van der Waals surface area (Å²) in [4.78, 5) is 19.1. The van der Waals surface area contributed by atoms with Crippen molar-refractivity contribution in [3.8, 4) is 11.4 Å². The zero-order valence-corrected chi connectivity index (χ0v) is 15.2. The molecule has 25 heavy (non-hydrogen) atoms. The Morgan fingerprint density at radius 1 is 1.32 bits per heavy atom. The molecule has 0 aromatic carbocycles. The van der Waals surface area contributed by atoms with Crippen LogP contribution in [0, 0.1) is 0 Å². The van der Waals surface area contributed by atoms with Crippen LogP contribution in [0.25, 0.3) is 11.4 Å². The summed E-state index contributed by atoms with van der Waals surface area (Å²) in [5, 5.41) is 0. The number of morpholine rings is 1. The molecule has 3 heterocycles. The minimum absolute atomic E-state index is 0.166. The van der Waals surface area contributed by atoms with Gasteiger partial charge in [0, 0.05) is 47.2 Å². The lowest BCUT2D eigenvalue weighted by molar-refractivity contribution is 0.0985. The zero-order valence-electron chi connectivity index (χ0n) is 14.4. The van der Waals surface area contributed by atoms with E-state index in [1.807, 2.05) is 0 Å². The summed E-state index contributed by atoms with van der Waals surface area (Å²) in [6, 6.07) is 1.91. The van der Waals surface area contributed by atoms with Crippen molar-refractivity contribution in [3.05, 3.63) is 18.5 Å². The summed E-state index contributed by atoms with van der Waals surface area (Å²) in [5.41, 5.74) is 6.16. The van der Waals surface area contributed by atoms with Crippen LogP contribution in [0.1, 0.15) is 6.92 Å². The third-order valence-electron chi connectivity index (χ3n) is 3.60. The highest BCUT2D eigenvalue weighted by Crippen LogP contribution is 2.26. The number of nitrogen functional groups attached to an aromatic ring is 1. The van der Waals surface area contributed by atoms with Crippen LogP contribution < -0.4 is 10.6 Å². The maximum absolute atomic E-state index is 12.1. The zero-order chi connectivity index (χ0) is 18.0. The third kappa shape index (κ3) is 4.40. The molecule has 2 N–H and O–H groups in total. The van der Waals surface area contributed by atoms with E-state index in [4.69, 9.17) is 10.5 Å². The standard InChI is InChI=1S/C15H21N7O2S/c1-10-9-24-5-4-22(10)13-6-12(21-25(2,3)23)19-14(20-13)11-7-17-15(16)18-8-11/h6-8,10H,4-5,9H2,1-3H3,(H2,16,17,18)/t10-/m1/s1. The fourth-order valence-electron chi connectivity index (χ4n) is 2.49. The van der Waals surface area contributed by atoms with E-state index >= 15 is 0 Å². The molecule has 0 spiro atoms. The maximum Gasteiger partial charge on any atom is 0.219 e. The van der Waals surface area contributed by atoms with Gasteiger partial charge in [-0.25, -0.2) is 24.1 Å². The second kappa shape index (κ2) is 6.89. The molecular formula is C15H21N7O2S. The summed E-state index contributed by atoms with van der Waals surface area (Å²) >= 11 is 0. The van der Waals surface area contributed by atoms with Crippen molar-refractivity contribution in [2.75, 3.05) is 42.9 Å². The van der Waals surface area contributed by atoms with Gasteiger partial charge in [-0.1, -0.05) is 0 Å². The summed E-state index contributed by atoms with van der Waals surface area (Å²) < 4.78 is 21.8. The highest BCUT2D eigenvalue weighted by atomic mass is 32.2. The van der Waals surface area contributed by atoms with Gasteiger partial charge in [0.2, 0.25) is 5.95 Å². The SMILES string of the molecule is C[C@@H]1COCCN1c1cc(N=S(C)(C)=O)nc(-c2cnc(N)nc2)n1. The summed E-state index contributed by atoms with van der Waals surface area (Å²) in [6.07, 6.45) is 6.25. The number of nitrogens with zero attached hydrogens (tertiary/aromatic N) is 6. The van der Waals surface area contributed by atoms with Gasteiger partial charge >= 0.3 is 0 Å². The lowest BCUT2D eigenvalue weighted by Gasteiger charge is -2.34. The molecule has 2 aromatic rings. The Hall–Kier alpha value is -2.33. The average molecular weight is 363 g/mol. The molecule has 134 valence electrons. The molecule has 3 rings (SSSR count).